The molecule has 0 spiro atoms. The van der Waals surface area contributed by atoms with E-state index in [1.54, 1.807) is 0 Å². The van der Waals surface area contributed by atoms with Crippen LogP contribution < -0.4 is 15.8 Å². The molecular weight excluding hydrogens is 282 g/mol. The van der Waals surface area contributed by atoms with Crippen LogP contribution in [0.4, 0.5) is 23.2 Å². The first-order valence-electron chi connectivity index (χ1n) is 5.53. The molecule has 3 N–H and O–H groups in total. The fourth-order valence-electron chi connectivity index (χ4n) is 1.03. The molecule has 1 heterocycles. The van der Waals surface area contributed by atoms with Gasteiger partial charge in [0, 0.05) is 6.07 Å². The van der Waals surface area contributed by atoms with Crippen molar-refractivity contribution < 1.29 is 27.1 Å². The first kappa shape index (κ1) is 16.2. The Kier molecular flexibility index (Phi) is 5.26. The van der Waals surface area contributed by atoms with E-state index in [1.807, 2.05) is 0 Å². The molecule has 0 aliphatic heterocycles. The Balaban J connectivity index is 2.57. The Labute approximate surface area is 112 Å². The summed E-state index contributed by atoms with van der Waals surface area (Å²) in [5, 5.41) is 2.41. The van der Waals surface area contributed by atoms with Crippen LogP contribution in [-0.4, -0.2) is 35.9 Å². The minimum atomic E-state index is -4.25. The Morgan fingerprint density at radius 1 is 1.50 bits per heavy atom. The lowest BCUT2D eigenvalue weighted by atomic mass is 10.3. The van der Waals surface area contributed by atoms with Crippen LogP contribution in [0.5, 0.6) is 5.88 Å². The van der Waals surface area contributed by atoms with Gasteiger partial charge in [-0.3, -0.25) is 4.79 Å². The summed E-state index contributed by atoms with van der Waals surface area (Å²) in [5.41, 5.74) is 5.60. The van der Waals surface area contributed by atoms with Gasteiger partial charge >= 0.3 is 12.3 Å². The first-order chi connectivity index (χ1) is 9.22. The highest BCUT2D eigenvalue weighted by Gasteiger charge is 2.41. The van der Waals surface area contributed by atoms with E-state index in [-0.39, 0.29) is 11.6 Å². The summed E-state index contributed by atoms with van der Waals surface area (Å²) in [7, 11) is 0. The molecule has 0 aliphatic carbocycles. The maximum absolute atomic E-state index is 12.6. The molecule has 0 aromatic carbocycles. The average molecular weight is 295 g/mol. The number of hydrogen-bond acceptors (Lipinski definition) is 4. The number of carbonyl (C=O) groups excluding carboxylic acids is 1. The minimum absolute atomic E-state index is 0.260. The SMILES string of the molecule is C[C@@H](N)C(=O)Nc1ccc(OCC(F)(F)C(F)F)nc1. The van der Waals surface area contributed by atoms with Gasteiger partial charge in [0.1, 0.15) is 0 Å². The maximum Gasteiger partial charge on any atom is 0.340 e. The third kappa shape index (κ3) is 4.65. The van der Waals surface area contributed by atoms with Crippen molar-refractivity contribution in [3.05, 3.63) is 18.3 Å². The number of halogens is 4. The fraction of sp³-hybridized carbons (Fsp3) is 0.455. The van der Waals surface area contributed by atoms with E-state index in [1.165, 1.54) is 19.1 Å². The molecule has 1 aromatic rings. The molecule has 0 radical (unpaired) electrons. The Bertz CT molecular complexity index is 451. The lowest BCUT2D eigenvalue weighted by Gasteiger charge is -2.15. The van der Waals surface area contributed by atoms with Crippen molar-refractivity contribution in [3.63, 3.8) is 0 Å². The van der Waals surface area contributed by atoms with Crippen molar-refractivity contribution in [2.24, 2.45) is 5.73 Å². The van der Waals surface area contributed by atoms with Crippen molar-refractivity contribution in [1.29, 1.82) is 0 Å². The smallest absolute Gasteiger partial charge is 0.340 e. The molecule has 9 heteroatoms. The molecule has 5 nitrogen and oxygen atoms in total. The van der Waals surface area contributed by atoms with Gasteiger partial charge in [-0.05, 0) is 13.0 Å². The van der Waals surface area contributed by atoms with Gasteiger partial charge in [-0.15, -0.1) is 0 Å². The monoisotopic (exact) mass is 295 g/mol. The Morgan fingerprint density at radius 2 is 2.15 bits per heavy atom. The first-order valence-corrected chi connectivity index (χ1v) is 5.53. The van der Waals surface area contributed by atoms with Crippen LogP contribution in [-0.2, 0) is 4.79 Å². The highest BCUT2D eigenvalue weighted by atomic mass is 19.3. The fourth-order valence-corrected chi connectivity index (χ4v) is 1.03. The number of nitrogens with two attached hydrogens (primary N) is 1. The molecule has 0 unspecified atom stereocenters. The lowest BCUT2D eigenvalue weighted by molar-refractivity contribution is -0.148. The molecular formula is C11H13F4N3O2. The number of carbonyl (C=O) groups is 1. The summed E-state index contributed by atoms with van der Waals surface area (Å²) < 4.78 is 53.4. The van der Waals surface area contributed by atoms with Gasteiger partial charge in [-0.1, -0.05) is 0 Å². The van der Waals surface area contributed by atoms with Gasteiger partial charge in [0.2, 0.25) is 11.8 Å². The number of nitrogens with one attached hydrogen (secondary N) is 1. The number of rotatable bonds is 6. The van der Waals surface area contributed by atoms with Crippen molar-refractivity contribution in [3.8, 4) is 5.88 Å². The summed E-state index contributed by atoms with van der Waals surface area (Å²) in [6, 6.07) is 1.76. The highest BCUT2D eigenvalue weighted by Crippen LogP contribution is 2.23. The predicted molar refractivity (Wildman–Crippen MR) is 63.0 cm³/mol. The van der Waals surface area contributed by atoms with Gasteiger partial charge in [-0.25, -0.2) is 13.8 Å². The molecule has 0 aliphatic rings. The summed E-state index contributed by atoms with van der Waals surface area (Å²) in [6.45, 7) is -0.00409. The number of anilines is 1. The van der Waals surface area contributed by atoms with Crippen molar-refractivity contribution in [1.82, 2.24) is 4.98 Å². The summed E-state index contributed by atoms with van der Waals surface area (Å²) in [6.07, 6.45) is -2.68. The van der Waals surface area contributed by atoms with Crippen LogP contribution in [0.1, 0.15) is 6.92 Å². The second kappa shape index (κ2) is 6.51. The topological polar surface area (TPSA) is 77.2 Å². The van der Waals surface area contributed by atoms with Gasteiger partial charge in [0.25, 0.3) is 0 Å². The van der Waals surface area contributed by atoms with Crippen LogP contribution in [0.25, 0.3) is 0 Å². The van der Waals surface area contributed by atoms with Crippen LogP contribution in [0.15, 0.2) is 18.3 Å². The molecule has 1 amide bonds. The van der Waals surface area contributed by atoms with Crippen molar-refractivity contribution in [2.75, 3.05) is 11.9 Å². The van der Waals surface area contributed by atoms with E-state index in [9.17, 15) is 22.4 Å². The Hall–Kier alpha value is -1.90. The molecule has 112 valence electrons. The maximum atomic E-state index is 12.6. The molecule has 1 atom stereocenters. The molecule has 0 saturated heterocycles. The quantitative estimate of drug-likeness (QED) is 0.782. The van der Waals surface area contributed by atoms with Gasteiger partial charge in [-0.2, -0.15) is 8.78 Å². The number of aromatic nitrogens is 1. The zero-order valence-corrected chi connectivity index (χ0v) is 10.4. The lowest BCUT2D eigenvalue weighted by Crippen LogP contribution is -2.34. The molecule has 0 bridgehead atoms. The van der Waals surface area contributed by atoms with E-state index in [4.69, 9.17) is 5.73 Å². The zero-order valence-electron chi connectivity index (χ0n) is 10.4. The zero-order chi connectivity index (χ0) is 15.3. The van der Waals surface area contributed by atoms with E-state index in [0.29, 0.717) is 0 Å². The van der Waals surface area contributed by atoms with E-state index in [0.717, 1.165) is 6.20 Å². The number of nitrogens with zero attached hydrogens (tertiary/aromatic N) is 1. The summed E-state index contributed by atoms with van der Waals surface area (Å²) in [4.78, 5) is 14.8. The van der Waals surface area contributed by atoms with E-state index < -0.39 is 30.9 Å². The predicted octanol–water partition coefficient (Wildman–Crippen LogP) is 1.65. The highest BCUT2D eigenvalue weighted by molar-refractivity contribution is 5.94. The third-order valence-corrected chi connectivity index (χ3v) is 2.15. The molecule has 0 fully saturated rings. The number of hydrogen-bond donors (Lipinski definition) is 2. The number of pyridine rings is 1. The number of alkyl halides is 4. The summed E-state index contributed by atoms with van der Waals surface area (Å²) in [5.74, 6) is -4.96. The molecule has 1 aromatic heterocycles. The van der Waals surface area contributed by atoms with Crippen LogP contribution >= 0.6 is 0 Å². The number of ether oxygens (including phenoxy) is 1. The third-order valence-electron chi connectivity index (χ3n) is 2.15. The van der Waals surface area contributed by atoms with Crippen LogP contribution in [0.3, 0.4) is 0 Å². The van der Waals surface area contributed by atoms with E-state index in [2.05, 4.69) is 15.0 Å². The molecule has 0 saturated carbocycles. The standard InChI is InChI=1S/C11H13F4N3O2/c1-6(16)9(19)18-7-2-3-8(17-4-7)20-5-11(14,15)10(12)13/h2-4,6,10H,5,16H2,1H3,(H,18,19)/t6-/m1/s1. The largest absolute Gasteiger partial charge is 0.471 e. The van der Waals surface area contributed by atoms with E-state index >= 15 is 0 Å². The Morgan fingerprint density at radius 3 is 2.60 bits per heavy atom. The second-order valence-corrected chi connectivity index (χ2v) is 4.01. The minimum Gasteiger partial charge on any atom is -0.471 e. The summed E-state index contributed by atoms with van der Waals surface area (Å²) >= 11 is 0. The van der Waals surface area contributed by atoms with Gasteiger partial charge in [0.15, 0.2) is 6.61 Å². The van der Waals surface area contributed by atoms with Gasteiger partial charge in [0.05, 0.1) is 17.9 Å². The average Bonchev–Trinajstić information content (AvgIpc) is 2.37. The molecule has 1 rings (SSSR count). The van der Waals surface area contributed by atoms with Crippen LogP contribution in [0.2, 0.25) is 0 Å². The molecule has 20 heavy (non-hydrogen) atoms. The van der Waals surface area contributed by atoms with Gasteiger partial charge < -0.3 is 15.8 Å². The van der Waals surface area contributed by atoms with Crippen molar-refractivity contribution >= 4 is 11.6 Å². The van der Waals surface area contributed by atoms with Crippen LogP contribution in [0, 0.1) is 0 Å². The van der Waals surface area contributed by atoms with Crippen molar-refractivity contribution in [2.45, 2.75) is 25.3 Å². The normalized spacial score (nSPS) is 13.2. The second-order valence-electron chi connectivity index (χ2n) is 4.01. The number of amides is 1.